The molecular formula is C9H11N. The van der Waals surface area contributed by atoms with Crippen LogP contribution in [0.3, 0.4) is 0 Å². The van der Waals surface area contributed by atoms with Gasteiger partial charge in [-0.1, -0.05) is 30.3 Å². The molecule has 0 amide bonds. The molecule has 0 bridgehead atoms. The molecule has 0 aliphatic heterocycles. The smallest absolute Gasteiger partial charge is 0.0635 e. The molecule has 1 aromatic rings. The summed E-state index contributed by atoms with van der Waals surface area (Å²) < 4.78 is 0. The molecule has 0 heterocycles. The number of rotatable bonds is 2. The Kier molecular flexibility index (Phi) is 2.68. The second-order valence-electron chi connectivity index (χ2n) is 2.08. The predicted molar refractivity (Wildman–Crippen MR) is 44.3 cm³/mol. The van der Waals surface area contributed by atoms with Crippen molar-refractivity contribution in [3.8, 4) is 0 Å². The van der Waals surface area contributed by atoms with Gasteiger partial charge in [-0.05, 0) is 18.7 Å². The normalized spacial score (nSPS) is 10.5. The minimum Gasteiger partial charge on any atom is -0.293 e. The van der Waals surface area contributed by atoms with Crippen molar-refractivity contribution in [2.45, 2.75) is 13.5 Å². The Labute approximate surface area is 61.4 Å². The largest absolute Gasteiger partial charge is 0.293 e. The summed E-state index contributed by atoms with van der Waals surface area (Å²) in [5.74, 6) is 0. The van der Waals surface area contributed by atoms with Crippen LogP contribution in [0.4, 0.5) is 0 Å². The molecule has 52 valence electrons. The minimum absolute atomic E-state index is 0.803. The van der Waals surface area contributed by atoms with Crippen LogP contribution in [0.2, 0.25) is 0 Å². The number of aliphatic imine (C=N–C) groups is 1. The van der Waals surface area contributed by atoms with E-state index in [4.69, 9.17) is 0 Å². The zero-order chi connectivity index (χ0) is 7.23. The molecule has 1 heteroatoms. The van der Waals surface area contributed by atoms with E-state index in [9.17, 15) is 0 Å². The highest BCUT2D eigenvalue weighted by molar-refractivity contribution is 5.53. The standard InChI is InChI=1S/C9H11N/c1-2-10-8-9-6-4-3-5-7-9/h2-7H,8H2,1H3/b10-2-. The lowest BCUT2D eigenvalue weighted by Gasteiger charge is -1.92. The van der Waals surface area contributed by atoms with Crippen molar-refractivity contribution >= 4 is 6.21 Å². The Hall–Kier alpha value is -1.11. The summed E-state index contributed by atoms with van der Waals surface area (Å²) in [7, 11) is 0. The quantitative estimate of drug-likeness (QED) is 0.549. The molecule has 0 aliphatic rings. The van der Waals surface area contributed by atoms with Gasteiger partial charge < -0.3 is 0 Å². The highest BCUT2D eigenvalue weighted by atomic mass is 14.7. The Balaban J connectivity index is 2.59. The second-order valence-corrected chi connectivity index (χ2v) is 2.08. The molecule has 0 radical (unpaired) electrons. The summed E-state index contributed by atoms with van der Waals surface area (Å²) in [5.41, 5.74) is 1.26. The Morgan fingerprint density at radius 2 is 2.00 bits per heavy atom. The Morgan fingerprint density at radius 3 is 2.60 bits per heavy atom. The van der Waals surface area contributed by atoms with Crippen molar-refractivity contribution in [3.63, 3.8) is 0 Å². The lowest BCUT2D eigenvalue weighted by molar-refractivity contribution is 1.08. The van der Waals surface area contributed by atoms with Crippen molar-refractivity contribution in [2.75, 3.05) is 0 Å². The Morgan fingerprint density at radius 1 is 1.30 bits per heavy atom. The SMILES string of the molecule is C/C=N\Cc1ccccc1. The fraction of sp³-hybridized carbons (Fsp3) is 0.222. The predicted octanol–water partition coefficient (Wildman–Crippen LogP) is 2.28. The molecule has 0 saturated carbocycles. The van der Waals surface area contributed by atoms with Crippen LogP contribution in [0, 0.1) is 0 Å². The molecule has 1 rings (SSSR count). The number of benzene rings is 1. The highest BCUT2D eigenvalue weighted by Crippen LogP contribution is 1.98. The summed E-state index contributed by atoms with van der Waals surface area (Å²) >= 11 is 0. The van der Waals surface area contributed by atoms with E-state index in [0.717, 1.165) is 6.54 Å². The van der Waals surface area contributed by atoms with E-state index in [1.165, 1.54) is 5.56 Å². The molecule has 0 unspecified atom stereocenters. The first kappa shape index (κ1) is 7.00. The summed E-state index contributed by atoms with van der Waals surface area (Å²) in [6, 6.07) is 10.2. The van der Waals surface area contributed by atoms with E-state index < -0.39 is 0 Å². The van der Waals surface area contributed by atoms with E-state index in [2.05, 4.69) is 17.1 Å². The van der Waals surface area contributed by atoms with E-state index in [1.807, 2.05) is 31.3 Å². The number of nitrogens with zero attached hydrogens (tertiary/aromatic N) is 1. The summed E-state index contributed by atoms with van der Waals surface area (Å²) in [4.78, 5) is 4.12. The highest BCUT2D eigenvalue weighted by Gasteiger charge is 1.83. The first-order chi connectivity index (χ1) is 4.93. The number of hydrogen-bond donors (Lipinski definition) is 0. The van der Waals surface area contributed by atoms with Crippen LogP contribution in [0.1, 0.15) is 12.5 Å². The molecule has 0 aromatic heterocycles. The topological polar surface area (TPSA) is 12.4 Å². The van der Waals surface area contributed by atoms with Gasteiger partial charge in [-0.3, -0.25) is 4.99 Å². The van der Waals surface area contributed by atoms with Crippen LogP contribution in [0.25, 0.3) is 0 Å². The van der Waals surface area contributed by atoms with Crippen molar-refractivity contribution in [1.29, 1.82) is 0 Å². The Bertz CT molecular complexity index is 201. The average molecular weight is 133 g/mol. The lowest BCUT2D eigenvalue weighted by atomic mass is 10.2. The molecule has 1 aromatic carbocycles. The minimum atomic E-state index is 0.803. The van der Waals surface area contributed by atoms with E-state index in [0.29, 0.717) is 0 Å². The molecule has 10 heavy (non-hydrogen) atoms. The van der Waals surface area contributed by atoms with Crippen molar-refractivity contribution in [2.24, 2.45) is 4.99 Å². The molecular weight excluding hydrogens is 122 g/mol. The van der Waals surface area contributed by atoms with Gasteiger partial charge in [0.15, 0.2) is 0 Å². The first-order valence-electron chi connectivity index (χ1n) is 3.42. The van der Waals surface area contributed by atoms with Crippen LogP contribution in [-0.4, -0.2) is 6.21 Å². The van der Waals surface area contributed by atoms with Crippen LogP contribution in [0.5, 0.6) is 0 Å². The zero-order valence-electron chi connectivity index (χ0n) is 6.12. The molecule has 1 nitrogen and oxygen atoms in total. The van der Waals surface area contributed by atoms with Gasteiger partial charge in [-0.15, -0.1) is 0 Å². The van der Waals surface area contributed by atoms with E-state index in [-0.39, 0.29) is 0 Å². The summed E-state index contributed by atoms with van der Waals surface area (Å²) in [6.45, 7) is 2.74. The fourth-order valence-corrected chi connectivity index (χ4v) is 0.780. The van der Waals surface area contributed by atoms with Crippen molar-refractivity contribution < 1.29 is 0 Å². The van der Waals surface area contributed by atoms with Gasteiger partial charge in [0.25, 0.3) is 0 Å². The molecule has 0 atom stereocenters. The van der Waals surface area contributed by atoms with Crippen LogP contribution < -0.4 is 0 Å². The third-order valence-corrected chi connectivity index (χ3v) is 1.30. The molecule has 0 saturated heterocycles. The first-order valence-corrected chi connectivity index (χ1v) is 3.42. The second kappa shape index (κ2) is 3.83. The summed E-state index contributed by atoms with van der Waals surface area (Å²) in [5, 5.41) is 0. The van der Waals surface area contributed by atoms with Gasteiger partial charge >= 0.3 is 0 Å². The summed E-state index contributed by atoms with van der Waals surface area (Å²) in [6.07, 6.45) is 1.83. The number of hydrogen-bond acceptors (Lipinski definition) is 1. The molecule has 0 N–H and O–H groups in total. The average Bonchev–Trinajstić information content (AvgIpc) is 2.03. The van der Waals surface area contributed by atoms with Gasteiger partial charge in [0.2, 0.25) is 0 Å². The molecule has 0 fully saturated rings. The van der Waals surface area contributed by atoms with Crippen LogP contribution in [0.15, 0.2) is 35.3 Å². The monoisotopic (exact) mass is 133 g/mol. The van der Waals surface area contributed by atoms with Gasteiger partial charge in [-0.25, -0.2) is 0 Å². The third-order valence-electron chi connectivity index (χ3n) is 1.30. The van der Waals surface area contributed by atoms with Crippen LogP contribution >= 0.6 is 0 Å². The maximum absolute atomic E-state index is 4.12. The zero-order valence-corrected chi connectivity index (χ0v) is 6.12. The maximum Gasteiger partial charge on any atom is 0.0635 e. The van der Waals surface area contributed by atoms with Crippen molar-refractivity contribution in [3.05, 3.63) is 35.9 Å². The van der Waals surface area contributed by atoms with Crippen molar-refractivity contribution in [1.82, 2.24) is 0 Å². The third kappa shape index (κ3) is 2.02. The van der Waals surface area contributed by atoms with Gasteiger partial charge in [0, 0.05) is 0 Å². The van der Waals surface area contributed by atoms with Gasteiger partial charge in [0.05, 0.1) is 6.54 Å². The van der Waals surface area contributed by atoms with Gasteiger partial charge in [-0.2, -0.15) is 0 Å². The fourth-order valence-electron chi connectivity index (χ4n) is 0.780. The molecule has 0 aliphatic carbocycles. The van der Waals surface area contributed by atoms with E-state index >= 15 is 0 Å². The van der Waals surface area contributed by atoms with E-state index in [1.54, 1.807) is 0 Å². The van der Waals surface area contributed by atoms with Gasteiger partial charge in [0.1, 0.15) is 0 Å². The maximum atomic E-state index is 4.12. The molecule has 0 spiro atoms. The lowest BCUT2D eigenvalue weighted by Crippen LogP contribution is -1.78. The van der Waals surface area contributed by atoms with Crippen LogP contribution in [-0.2, 0) is 6.54 Å².